The van der Waals surface area contributed by atoms with E-state index in [0.717, 1.165) is 17.5 Å². The number of aliphatic hydroxyl groups is 1. The summed E-state index contributed by atoms with van der Waals surface area (Å²) in [5.41, 5.74) is 1.73. The Bertz CT molecular complexity index is 741. The summed E-state index contributed by atoms with van der Waals surface area (Å²) < 4.78 is 3.45. The van der Waals surface area contributed by atoms with Crippen molar-refractivity contribution in [2.24, 2.45) is 0 Å². The van der Waals surface area contributed by atoms with Crippen LogP contribution < -0.4 is 5.69 Å². The van der Waals surface area contributed by atoms with Gasteiger partial charge < -0.3 is 10.0 Å². The topological polar surface area (TPSA) is 67.5 Å². The molecule has 118 valence electrons. The Morgan fingerprint density at radius 3 is 2.32 bits per heavy atom. The number of likely N-dealkylation sites (tertiary alicyclic amines) is 1. The third-order valence-corrected chi connectivity index (χ3v) is 4.14. The van der Waals surface area contributed by atoms with Crippen molar-refractivity contribution in [2.45, 2.75) is 39.0 Å². The number of amides is 1. The van der Waals surface area contributed by atoms with Gasteiger partial charge in [-0.15, -0.1) is 0 Å². The molecule has 1 aromatic carbocycles. The molecule has 0 bridgehead atoms. The molecule has 2 aromatic rings. The second-order valence-electron chi connectivity index (χ2n) is 5.78. The standard InChI is InChI=1S/C16H21N3O3/c1-2-8-18-13-5-3-4-6-14(13)19(16(18)22)9-7-15(21)17-10-12(20)11-17/h3-6,12,20H,2,7-11H2,1H3. The minimum absolute atomic E-state index is 0.00970. The highest BCUT2D eigenvalue weighted by Crippen LogP contribution is 2.15. The van der Waals surface area contributed by atoms with Crippen molar-refractivity contribution < 1.29 is 9.90 Å². The molecule has 1 fully saturated rings. The van der Waals surface area contributed by atoms with E-state index >= 15 is 0 Å². The fraction of sp³-hybridized carbons (Fsp3) is 0.500. The first-order valence-corrected chi connectivity index (χ1v) is 7.75. The Morgan fingerprint density at radius 1 is 1.18 bits per heavy atom. The van der Waals surface area contributed by atoms with Crippen molar-refractivity contribution in [3.63, 3.8) is 0 Å². The molecule has 1 aliphatic heterocycles. The van der Waals surface area contributed by atoms with E-state index < -0.39 is 6.10 Å². The van der Waals surface area contributed by atoms with Gasteiger partial charge in [-0.25, -0.2) is 4.79 Å². The van der Waals surface area contributed by atoms with E-state index in [2.05, 4.69) is 0 Å². The van der Waals surface area contributed by atoms with E-state index in [-0.39, 0.29) is 18.0 Å². The lowest BCUT2D eigenvalue weighted by Gasteiger charge is -2.35. The van der Waals surface area contributed by atoms with Crippen LogP contribution in [0.3, 0.4) is 0 Å². The van der Waals surface area contributed by atoms with Crippen LogP contribution in [-0.4, -0.2) is 44.2 Å². The number of para-hydroxylation sites is 2. The van der Waals surface area contributed by atoms with Gasteiger partial charge >= 0.3 is 5.69 Å². The molecule has 1 aliphatic rings. The van der Waals surface area contributed by atoms with E-state index in [1.165, 1.54) is 0 Å². The van der Waals surface area contributed by atoms with E-state index in [1.807, 2.05) is 31.2 Å². The Kier molecular flexibility index (Phi) is 4.02. The van der Waals surface area contributed by atoms with Gasteiger partial charge in [0.15, 0.2) is 0 Å². The molecule has 6 heteroatoms. The highest BCUT2D eigenvalue weighted by Gasteiger charge is 2.28. The second kappa shape index (κ2) is 5.96. The highest BCUT2D eigenvalue weighted by atomic mass is 16.3. The van der Waals surface area contributed by atoms with Gasteiger partial charge in [-0.2, -0.15) is 0 Å². The number of hydrogen-bond donors (Lipinski definition) is 1. The van der Waals surface area contributed by atoms with Crippen LogP contribution in [0.2, 0.25) is 0 Å². The zero-order valence-electron chi connectivity index (χ0n) is 12.7. The monoisotopic (exact) mass is 303 g/mol. The number of fused-ring (bicyclic) bond motifs is 1. The van der Waals surface area contributed by atoms with Gasteiger partial charge in [0, 0.05) is 32.6 Å². The van der Waals surface area contributed by atoms with Crippen molar-refractivity contribution in [1.29, 1.82) is 0 Å². The van der Waals surface area contributed by atoms with Crippen LogP contribution in [0.5, 0.6) is 0 Å². The number of carbonyl (C=O) groups excluding carboxylic acids is 1. The van der Waals surface area contributed by atoms with Gasteiger partial charge in [-0.3, -0.25) is 13.9 Å². The maximum absolute atomic E-state index is 12.6. The number of rotatable bonds is 5. The summed E-state index contributed by atoms with van der Waals surface area (Å²) in [6.45, 7) is 3.91. The minimum Gasteiger partial charge on any atom is -0.389 e. The average Bonchev–Trinajstić information content (AvgIpc) is 2.75. The Labute approximate surface area is 128 Å². The zero-order chi connectivity index (χ0) is 15.7. The van der Waals surface area contributed by atoms with Gasteiger partial charge in [-0.1, -0.05) is 19.1 Å². The minimum atomic E-state index is -0.391. The Hall–Kier alpha value is -2.08. The lowest BCUT2D eigenvalue weighted by Crippen LogP contribution is -2.53. The molecule has 1 N–H and O–H groups in total. The van der Waals surface area contributed by atoms with Crippen LogP contribution in [0.1, 0.15) is 19.8 Å². The normalized spacial score (nSPS) is 15.3. The number of benzene rings is 1. The maximum Gasteiger partial charge on any atom is 0.329 e. The van der Waals surface area contributed by atoms with E-state index in [1.54, 1.807) is 14.0 Å². The molecule has 6 nitrogen and oxygen atoms in total. The van der Waals surface area contributed by atoms with Crippen LogP contribution >= 0.6 is 0 Å². The summed E-state index contributed by atoms with van der Waals surface area (Å²) in [4.78, 5) is 26.2. The number of imidazole rings is 1. The fourth-order valence-corrected chi connectivity index (χ4v) is 2.95. The number of β-amino-alcohol motifs (C(OH)–C–C–N with tert-alkyl or cyclic N) is 1. The number of carbonyl (C=O) groups is 1. The summed E-state index contributed by atoms with van der Waals surface area (Å²) in [6.07, 6.45) is 0.781. The van der Waals surface area contributed by atoms with E-state index in [9.17, 15) is 14.7 Å². The zero-order valence-corrected chi connectivity index (χ0v) is 12.7. The predicted molar refractivity (Wildman–Crippen MR) is 83.7 cm³/mol. The van der Waals surface area contributed by atoms with Crippen LogP contribution in [0, 0.1) is 0 Å². The largest absolute Gasteiger partial charge is 0.389 e. The molecular formula is C16H21N3O3. The molecule has 3 rings (SSSR count). The molecule has 0 spiro atoms. The van der Waals surface area contributed by atoms with Crippen molar-refractivity contribution in [3.8, 4) is 0 Å². The number of aromatic nitrogens is 2. The summed E-state index contributed by atoms with van der Waals surface area (Å²) in [6, 6.07) is 7.68. The molecule has 0 unspecified atom stereocenters. The molecule has 0 saturated carbocycles. The van der Waals surface area contributed by atoms with Crippen LogP contribution in [0.4, 0.5) is 0 Å². The van der Waals surface area contributed by atoms with E-state index in [0.29, 0.717) is 26.2 Å². The first-order valence-electron chi connectivity index (χ1n) is 7.75. The highest BCUT2D eigenvalue weighted by molar-refractivity contribution is 5.78. The maximum atomic E-state index is 12.6. The predicted octanol–water partition coefficient (Wildman–Crippen LogP) is 0.806. The number of aryl methyl sites for hydroxylation is 2. The number of aliphatic hydroxyl groups excluding tert-OH is 1. The fourth-order valence-electron chi connectivity index (χ4n) is 2.95. The third kappa shape index (κ3) is 2.54. The quantitative estimate of drug-likeness (QED) is 0.888. The Balaban J connectivity index is 1.83. The van der Waals surface area contributed by atoms with Crippen LogP contribution in [0.25, 0.3) is 11.0 Å². The molecule has 0 radical (unpaired) electrons. The molecule has 1 amide bonds. The molecule has 1 aromatic heterocycles. The molecule has 1 saturated heterocycles. The first-order chi connectivity index (χ1) is 10.6. The summed E-state index contributed by atoms with van der Waals surface area (Å²) in [7, 11) is 0. The smallest absolute Gasteiger partial charge is 0.329 e. The number of hydrogen-bond acceptors (Lipinski definition) is 3. The van der Waals surface area contributed by atoms with Crippen molar-refractivity contribution >= 4 is 16.9 Å². The van der Waals surface area contributed by atoms with Gasteiger partial charge in [-0.05, 0) is 18.6 Å². The lowest BCUT2D eigenvalue weighted by molar-refractivity contribution is -0.141. The summed E-state index contributed by atoms with van der Waals surface area (Å²) in [5, 5.41) is 9.25. The lowest BCUT2D eigenvalue weighted by atomic mass is 10.1. The van der Waals surface area contributed by atoms with Crippen molar-refractivity contribution in [3.05, 3.63) is 34.7 Å². The molecular weight excluding hydrogens is 282 g/mol. The molecule has 0 atom stereocenters. The van der Waals surface area contributed by atoms with Gasteiger partial charge in [0.1, 0.15) is 0 Å². The SMILES string of the molecule is CCCn1c(=O)n(CCC(=O)N2CC(O)C2)c2ccccc21. The first kappa shape index (κ1) is 14.8. The van der Waals surface area contributed by atoms with Crippen molar-refractivity contribution in [2.75, 3.05) is 13.1 Å². The second-order valence-corrected chi connectivity index (χ2v) is 5.78. The van der Waals surface area contributed by atoms with Crippen molar-refractivity contribution in [1.82, 2.24) is 14.0 Å². The third-order valence-electron chi connectivity index (χ3n) is 4.14. The van der Waals surface area contributed by atoms with Gasteiger partial charge in [0.25, 0.3) is 0 Å². The Morgan fingerprint density at radius 2 is 1.77 bits per heavy atom. The molecule has 0 aliphatic carbocycles. The van der Waals surface area contributed by atoms with E-state index in [4.69, 9.17) is 0 Å². The average molecular weight is 303 g/mol. The van der Waals surface area contributed by atoms with Crippen LogP contribution in [-0.2, 0) is 17.9 Å². The number of nitrogens with zero attached hydrogens (tertiary/aromatic N) is 3. The van der Waals surface area contributed by atoms with Gasteiger partial charge in [0.05, 0.1) is 17.1 Å². The van der Waals surface area contributed by atoms with Crippen LogP contribution in [0.15, 0.2) is 29.1 Å². The van der Waals surface area contributed by atoms with Gasteiger partial charge in [0.2, 0.25) is 5.91 Å². The molecule has 22 heavy (non-hydrogen) atoms. The molecule has 2 heterocycles. The summed E-state index contributed by atoms with van der Waals surface area (Å²) >= 11 is 0. The summed E-state index contributed by atoms with van der Waals surface area (Å²) in [5.74, 6) is -0.00970.